The van der Waals surface area contributed by atoms with Gasteiger partial charge in [0, 0.05) is 13.1 Å². The van der Waals surface area contributed by atoms with Crippen molar-refractivity contribution in [3.63, 3.8) is 0 Å². The van der Waals surface area contributed by atoms with Crippen molar-refractivity contribution in [1.82, 2.24) is 10.6 Å². The predicted octanol–water partition coefficient (Wildman–Crippen LogP) is 0.364. The molecule has 2 unspecified atom stereocenters. The molecule has 0 bridgehead atoms. The number of alkyl halides is 2. The number of aliphatic hydroxyl groups is 1. The number of halogens is 2. The van der Waals surface area contributed by atoms with Crippen molar-refractivity contribution in [2.45, 2.75) is 32.8 Å². The smallest absolute Gasteiger partial charge is 0.265 e. The summed E-state index contributed by atoms with van der Waals surface area (Å²) < 4.78 is 24.2. The van der Waals surface area contributed by atoms with E-state index in [1.165, 1.54) is 0 Å². The van der Waals surface area contributed by atoms with Gasteiger partial charge in [-0.1, -0.05) is 13.8 Å². The highest BCUT2D eigenvalue weighted by atomic mass is 19.3. The van der Waals surface area contributed by atoms with E-state index in [4.69, 9.17) is 5.11 Å². The number of hydrogen-bond acceptors (Lipinski definition) is 3. The van der Waals surface area contributed by atoms with Crippen molar-refractivity contribution in [1.29, 1.82) is 0 Å². The van der Waals surface area contributed by atoms with Gasteiger partial charge in [0.1, 0.15) is 6.10 Å². The molecule has 1 saturated heterocycles. The Hall–Kier alpha value is -0.750. The van der Waals surface area contributed by atoms with Crippen LogP contribution in [0.4, 0.5) is 8.78 Å². The Morgan fingerprint density at radius 1 is 1.53 bits per heavy atom. The third kappa shape index (κ3) is 3.13. The maximum atomic E-state index is 12.1. The molecular weight excluding hydrogens is 230 g/mol. The fourth-order valence-electron chi connectivity index (χ4n) is 2.12. The van der Waals surface area contributed by atoms with Crippen LogP contribution in [0.25, 0.3) is 0 Å². The van der Waals surface area contributed by atoms with Crippen LogP contribution in [-0.2, 0) is 4.79 Å². The molecule has 0 aromatic carbocycles. The molecule has 17 heavy (non-hydrogen) atoms. The van der Waals surface area contributed by atoms with Crippen molar-refractivity contribution in [2.24, 2.45) is 11.3 Å². The van der Waals surface area contributed by atoms with Gasteiger partial charge in [0.15, 0.2) is 0 Å². The zero-order chi connectivity index (χ0) is 13.1. The Bertz CT molecular complexity index is 266. The molecule has 0 aromatic heterocycles. The zero-order valence-corrected chi connectivity index (χ0v) is 10.2. The topological polar surface area (TPSA) is 61.4 Å². The van der Waals surface area contributed by atoms with Crippen molar-refractivity contribution in [3.8, 4) is 0 Å². The summed E-state index contributed by atoms with van der Waals surface area (Å²) in [7, 11) is 0. The van der Waals surface area contributed by atoms with E-state index in [2.05, 4.69) is 10.6 Å². The van der Waals surface area contributed by atoms with E-state index in [9.17, 15) is 13.6 Å². The third-order valence-electron chi connectivity index (χ3n) is 3.51. The molecule has 1 aliphatic heterocycles. The summed E-state index contributed by atoms with van der Waals surface area (Å²) in [5.41, 5.74) is -0.540. The molecule has 1 rings (SSSR count). The molecule has 1 amide bonds. The van der Waals surface area contributed by atoms with E-state index in [1.54, 1.807) is 0 Å². The van der Waals surface area contributed by atoms with Gasteiger partial charge >= 0.3 is 0 Å². The molecule has 4 nitrogen and oxygen atoms in total. The number of rotatable bonds is 5. The summed E-state index contributed by atoms with van der Waals surface area (Å²) in [6.07, 6.45) is -3.93. The summed E-state index contributed by atoms with van der Waals surface area (Å²) in [4.78, 5) is 12.0. The van der Waals surface area contributed by atoms with Crippen molar-refractivity contribution in [3.05, 3.63) is 0 Å². The van der Waals surface area contributed by atoms with Crippen LogP contribution in [-0.4, -0.2) is 43.2 Å². The van der Waals surface area contributed by atoms with E-state index < -0.39 is 24.5 Å². The molecule has 0 saturated carbocycles. The Morgan fingerprint density at radius 3 is 2.59 bits per heavy atom. The lowest BCUT2D eigenvalue weighted by molar-refractivity contribution is -0.133. The first-order chi connectivity index (χ1) is 7.90. The highest BCUT2D eigenvalue weighted by molar-refractivity contribution is 5.83. The number of aliphatic hydroxyl groups excluding tert-OH is 1. The monoisotopic (exact) mass is 250 g/mol. The first-order valence-electron chi connectivity index (χ1n) is 5.85. The van der Waals surface area contributed by atoms with Gasteiger partial charge in [-0.05, 0) is 18.9 Å². The Morgan fingerprint density at radius 2 is 2.18 bits per heavy atom. The van der Waals surface area contributed by atoms with Gasteiger partial charge in [0.25, 0.3) is 6.43 Å². The molecule has 0 radical (unpaired) electrons. The lowest BCUT2D eigenvalue weighted by Gasteiger charge is -2.31. The lowest BCUT2D eigenvalue weighted by Crippen LogP contribution is -2.48. The fraction of sp³-hybridized carbons (Fsp3) is 0.909. The van der Waals surface area contributed by atoms with Crippen LogP contribution < -0.4 is 10.6 Å². The maximum absolute atomic E-state index is 12.1. The average Bonchev–Trinajstić information content (AvgIpc) is 2.75. The molecule has 1 fully saturated rings. The summed E-state index contributed by atoms with van der Waals surface area (Å²) in [6, 6.07) is 0. The Labute approximate surface area is 99.8 Å². The maximum Gasteiger partial charge on any atom is 0.265 e. The third-order valence-corrected chi connectivity index (χ3v) is 3.51. The molecular formula is C11H20F2N2O2. The number of carbonyl (C=O) groups is 1. The van der Waals surface area contributed by atoms with Gasteiger partial charge in [-0.15, -0.1) is 0 Å². The van der Waals surface area contributed by atoms with Crippen LogP contribution in [0.5, 0.6) is 0 Å². The molecule has 6 heteroatoms. The first kappa shape index (κ1) is 14.3. The fourth-order valence-corrected chi connectivity index (χ4v) is 2.12. The minimum absolute atomic E-state index is 0.126. The van der Waals surface area contributed by atoms with E-state index in [0.29, 0.717) is 13.0 Å². The van der Waals surface area contributed by atoms with Gasteiger partial charge in [0.05, 0.1) is 5.41 Å². The number of hydrogen-bond donors (Lipinski definition) is 3. The van der Waals surface area contributed by atoms with Gasteiger partial charge in [-0.25, -0.2) is 8.78 Å². The minimum Gasteiger partial charge on any atom is -0.385 e. The van der Waals surface area contributed by atoms with Crippen molar-refractivity contribution in [2.75, 3.05) is 19.6 Å². The van der Waals surface area contributed by atoms with Gasteiger partial charge in [-0.3, -0.25) is 4.79 Å². The molecule has 0 aromatic rings. The summed E-state index contributed by atoms with van der Waals surface area (Å²) in [5.74, 6) is -0.126. The second kappa shape index (κ2) is 5.73. The van der Waals surface area contributed by atoms with Crippen LogP contribution in [0.1, 0.15) is 20.3 Å². The first-order valence-corrected chi connectivity index (χ1v) is 5.85. The van der Waals surface area contributed by atoms with Crippen molar-refractivity contribution >= 4 is 5.91 Å². The predicted molar refractivity (Wildman–Crippen MR) is 59.8 cm³/mol. The second-order valence-electron chi connectivity index (χ2n) is 4.85. The van der Waals surface area contributed by atoms with E-state index in [0.717, 1.165) is 6.54 Å². The van der Waals surface area contributed by atoms with E-state index in [1.807, 2.05) is 13.8 Å². The number of carbonyl (C=O) groups excluding carboxylic acids is 1. The van der Waals surface area contributed by atoms with Gasteiger partial charge < -0.3 is 15.7 Å². The molecule has 0 spiro atoms. The summed E-state index contributed by atoms with van der Waals surface area (Å²) >= 11 is 0. The quantitative estimate of drug-likeness (QED) is 0.660. The Kier molecular flexibility index (Phi) is 4.82. The normalized spacial score (nSPS) is 26.5. The summed E-state index contributed by atoms with van der Waals surface area (Å²) in [6.45, 7) is 4.79. The molecule has 1 heterocycles. The highest BCUT2D eigenvalue weighted by Gasteiger charge is 2.43. The van der Waals surface area contributed by atoms with E-state index in [-0.39, 0.29) is 11.8 Å². The van der Waals surface area contributed by atoms with Crippen LogP contribution in [0.2, 0.25) is 0 Å². The van der Waals surface area contributed by atoms with Crippen LogP contribution >= 0.6 is 0 Å². The SMILES string of the molecule is CC(C)C1(C(=O)NCC(O)C(F)F)CCNC1. The van der Waals surface area contributed by atoms with E-state index >= 15 is 0 Å². The molecule has 3 N–H and O–H groups in total. The minimum atomic E-state index is -2.83. The summed E-state index contributed by atoms with van der Waals surface area (Å²) in [5, 5.41) is 14.5. The standard InChI is InChI=1S/C11H20F2N2O2/c1-7(2)11(3-4-14-6-11)10(17)15-5-8(16)9(12)13/h7-9,14,16H,3-6H2,1-2H3,(H,15,17). The molecule has 0 aliphatic carbocycles. The van der Waals surface area contributed by atoms with Gasteiger partial charge in [0.2, 0.25) is 5.91 Å². The molecule has 100 valence electrons. The lowest BCUT2D eigenvalue weighted by atomic mass is 9.75. The van der Waals surface area contributed by atoms with Crippen LogP contribution in [0, 0.1) is 11.3 Å². The Balaban J connectivity index is 2.56. The zero-order valence-electron chi connectivity index (χ0n) is 10.2. The van der Waals surface area contributed by atoms with Crippen LogP contribution in [0.3, 0.4) is 0 Å². The number of nitrogens with one attached hydrogen (secondary N) is 2. The largest absolute Gasteiger partial charge is 0.385 e. The second-order valence-corrected chi connectivity index (χ2v) is 4.85. The molecule has 1 aliphatic rings. The van der Waals surface area contributed by atoms with Crippen molar-refractivity contribution < 1.29 is 18.7 Å². The highest BCUT2D eigenvalue weighted by Crippen LogP contribution is 2.34. The van der Waals surface area contributed by atoms with Gasteiger partial charge in [-0.2, -0.15) is 0 Å². The molecule has 2 atom stereocenters. The van der Waals surface area contributed by atoms with Crippen LogP contribution in [0.15, 0.2) is 0 Å². The number of amides is 1. The average molecular weight is 250 g/mol.